The van der Waals surface area contributed by atoms with Gasteiger partial charge in [0.05, 0.1) is 10.9 Å². The fourth-order valence-electron chi connectivity index (χ4n) is 2.62. The summed E-state index contributed by atoms with van der Waals surface area (Å²) in [6, 6.07) is 9.26. The maximum absolute atomic E-state index is 12.3. The molecule has 2 aromatic heterocycles. The lowest BCUT2D eigenvalue weighted by molar-refractivity contribution is -0.119. The summed E-state index contributed by atoms with van der Waals surface area (Å²) in [6.45, 7) is 5.81. The Morgan fingerprint density at radius 1 is 1.07 bits per heavy atom. The number of aromatic nitrogens is 4. The molecule has 1 aromatic carbocycles. The summed E-state index contributed by atoms with van der Waals surface area (Å²) in [5.74, 6) is 0.242. The van der Waals surface area contributed by atoms with Crippen LogP contribution in [0.15, 0.2) is 47.9 Å². The third kappa shape index (κ3) is 4.62. The molecule has 0 aliphatic rings. The zero-order valence-corrected chi connectivity index (χ0v) is 17.4. The number of nitrogens with one attached hydrogen (secondary N) is 2. The van der Waals surface area contributed by atoms with E-state index in [1.54, 1.807) is 19.3 Å². The second-order valence-electron chi connectivity index (χ2n) is 6.47. The number of rotatable bonds is 5. The Bertz CT molecular complexity index is 1030. The Labute approximate surface area is 173 Å². The van der Waals surface area contributed by atoms with E-state index in [-0.39, 0.29) is 0 Å². The average Bonchev–Trinajstić information content (AvgIpc) is 3.14. The van der Waals surface area contributed by atoms with Gasteiger partial charge in [-0.05, 0) is 56.2 Å². The summed E-state index contributed by atoms with van der Waals surface area (Å²) >= 11 is 1.23. The molecule has 0 fully saturated rings. The van der Waals surface area contributed by atoms with Crippen molar-refractivity contribution >= 4 is 23.7 Å². The van der Waals surface area contributed by atoms with Crippen molar-refractivity contribution in [1.29, 1.82) is 0 Å². The molecule has 1 atom stereocenters. The van der Waals surface area contributed by atoms with Crippen LogP contribution in [0.25, 0.3) is 17.1 Å². The first kappa shape index (κ1) is 20.5. The maximum atomic E-state index is 12.3. The molecular formula is C20H22N6O2S. The number of aryl methyl sites for hydroxylation is 2. The van der Waals surface area contributed by atoms with E-state index in [0.29, 0.717) is 11.0 Å². The maximum Gasteiger partial charge on any atom is 0.321 e. The number of pyridine rings is 1. The molecule has 3 aromatic rings. The van der Waals surface area contributed by atoms with E-state index < -0.39 is 17.2 Å². The minimum absolute atomic E-state index is 0.408. The number of amides is 3. The topological polar surface area (TPSA) is 102 Å². The molecule has 0 radical (unpaired) electrons. The van der Waals surface area contributed by atoms with E-state index in [9.17, 15) is 9.59 Å². The molecule has 0 bridgehead atoms. The van der Waals surface area contributed by atoms with Gasteiger partial charge in [-0.2, -0.15) is 0 Å². The molecule has 1 unspecified atom stereocenters. The Morgan fingerprint density at radius 3 is 2.45 bits per heavy atom. The number of nitrogens with zero attached hydrogens (tertiary/aromatic N) is 4. The zero-order valence-electron chi connectivity index (χ0n) is 16.6. The summed E-state index contributed by atoms with van der Waals surface area (Å²) in [5.41, 5.74) is 4.07. The highest BCUT2D eigenvalue weighted by Crippen LogP contribution is 2.30. The largest absolute Gasteiger partial charge is 0.341 e. The van der Waals surface area contributed by atoms with E-state index in [0.717, 1.165) is 16.8 Å². The van der Waals surface area contributed by atoms with Crippen molar-refractivity contribution in [3.63, 3.8) is 0 Å². The van der Waals surface area contributed by atoms with Crippen LogP contribution in [0.5, 0.6) is 0 Å². The van der Waals surface area contributed by atoms with Crippen LogP contribution in [0.2, 0.25) is 0 Å². The van der Waals surface area contributed by atoms with Crippen LogP contribution < -0.4 is 10.6 Å². The molecule has 0 aliphatic heterocycles. The number of urea groups is 1. The predicted octanol–water partition coefficient (Wildman–Crippen LogP) is 2.88. The third-order valence-electron chi connectivity index (χ3n) is 4.44. The Hall–Kier alpha value is -3.20. The van der Waals surface area contributed by atoms with Crippen molar-refractivity contribution in [1.82, 2.24) is 30.4 Å². The zero-order chi connectivity index (χ0) is 21.0. The van der Waals surface area contributed by atoms with E-state index in [4.69, 9.17) is 0 Å². The number of hydrogen-bond donors (Lipinski definition) is 2. The van der Waals surface area contributed by atoms with Crippen LogP contribution >= 0.6 is 11.8 Å². The van der Waals surface area contributed by atoms with Crippen molar-refractivity contribution in [2.45, 2.75) is 31.2 Å². The van der Waals surface area contributed by atoms with E-state index in [2.05, 4.69) is 38.8 Å². The standard InChI is InChI=1S/C20H22N6O2S/c1-12-5-6-16(11-13(12)2)26-17(15-7-9-22-10-8-15)24-25-20(26)29-14(3)18(27)23-19(28)21-4/h5-11,14H,1-4H3,(H2,21,23,27,28). The normalized spacial score (nSPS) is 11.7. The molecule has 3 rings (SSSR count). The van der Waals surface area contributed by atoms with Gasteiger partial charge in [0.15, 0.2) is 11.0 Å². The van der Waals surface area contributed by atoms with Gasteiger partial charge >= 0.3 is 6.03 Å². The van der Waals surface area contributed by atoms with E-state index >= 15 is 0 Å². The fraction of sp³-hybridized carbons (Fsp3) is 0.250. The predicted molar refractivity (Wildman–Crippen MR) is 112 cm³/mol. The second-order valence-corrected chi connectivity index (χ2v) is 7.78. The number of thioether (sulfide) groups is 1. The van der Waals surface area contributed by atoms with Crippen LogP contribution in [-0.2, 0) is 4.79 Å². The molecule has 0 saturated carbocycles. The van der Waals surface area contributed by atoms with E-state index in [1.807, 2.05) is 35.8 Å². The summed E-state index contributed by atoms with van der Waals surface area (Å²) in [5, 5.41) is 13.3. The molecule has 0 saturated heterocycles. The van der Waals surface area contributed by atoms with Crippen LogP contribution in [0.3, 0.4) is 0 Å². The smallest absolute Gasteiger partial charge is 0.321 e. The first-order valence-electron chi connectivity index (χ1n) is 9.03. The van der Waals surface area contributed by atoms with Crippen LogP contribution in [0.4, 0.5) is 4.79 Å². The van der Waals surface area contributed by atoms with Gasteiger partial charge in [0.1, 0.15) is 0 Å². The summed E-state index contributed by atoms with van der Waals surface area (Å²) in [4.78, 5) is 27.8. The summed E-state index contributed by atoms with van der Waals surface area (Å²) in [6.07, 6.45) is 3.39. The van der Waals surface area contributed by atoms with Crippen LogP contribution in [-0.4, -0.2) is 44.0 Å². The minimum atomic E-state index is -0.549. The molecule has 29 heavy (non-hydrogen) atoms. The van der Waals surface area contributed by atoms with Crippen molar-refractivity contribution in [2.75, 3.05) is 7.05 Å². The molecular weight excluding hydrogens is 388 g/mol. The Balaban J connectivity index is 2.01. The second kappa shape index (κ2) is 8.87. The number of carbonyl (C=O) groups excluding carboxylic acids is 2. The number of carbonyl (C=O) groups is 2. The van der Waals surface area contributed by atoms with Gasteiger partial charge in [-0.15, -0.1) is 10.2 Å². The van der Waals surface area contributed by atoms with Gasteiger partial charge in [-0.3, -0.25) is 19.7 Å². The first-order valence-corrected chi connectivity index (χ1v) is 9.91. The highest BCUT2D eigenvalue weighted by Gasteiger charge is 2.23. The summed E-state index contributed by atoms with van der Waals surface area (Å²) in [7, 11) is 1.46. The van der Waals surface area contributed by atoms with Gasteiger partial charge in [0, 0.05) is 25.0 Å². The lowest BCUT2D eigenvalue weighted by Gasteiger charge is -2.14. The highest BCUT2D eigenvalue weighted by atomic mass is 32.2. The van der Waals surface area contributed by atoms with Crippen LogP contribution in [0.1, 0.15) is 18.1 Å². The summed E-state index contributed by atoms with van der Waals surface area (Å²) < 4.78 is 1.91. The van der Waals surface area contributed by atoms with Crippen molar-refractivity contribution in [3.05, 3.63) is 53.9 Å². The van der Waals surface area contributed by atoms with Crippen molar-refractivity contribution in [3.8, 4) is 17.1 Å². The fourth-order valence-corrected chi connectivity index (χ4v) is 3.49. The first-order chi connectivity index (χ1) is 13.9. The molecule has 0 aliphatic carbocycles. The van der Waals surface area contributed by atoms with Gasteiger partial charge in [-0.25, -0.2) is 4.79 Å². The number of imide groups is 1. The highest BCUT2D eigenvalue weighted by molar-refractivity contribution is 8.00. The van der Waals surface area contributed by atoms with Gasteiger partial charge < -0.3 is 5.32 Å². The molecule has 150 valence electrons. The number of hydrogen-bond acceptors (Lipinski definition) is 6. The number of benzene rings is 1. The molecule has 0 spiro atoms. The lowest BCUT2D eigenvalue weighted by atomic mass is 10.1. The quantitative estimate of drug-likeness (QED) is 0.627. The average molecular weight is 411 g/mol. The molecule has 2 heterocycles. The lowest BCUT2D eigenvalue weighted by Crippen LogP contribution is -2.41. The molecule has 8 nitrogen and oxygen atoms in total. The van der Waals surface area contributed by atoms with Gasteiger partial charge in [0.25, 0.3) is 0 Å². The van der Waals surface area contributed by atoms with E-state index in [1.165, 1.54) is 24.4 Å². The minimum Gasteiger partial charge on any atom is -0.341 e. The van der Waals surface area contributed by atoms with Crippen molar-refractivity contribution in [2.24, 2.45) is 0 Å². The molecule has 2 N–H and O–H groups in total. The SMILES string of the molecule is CNC(=O)NC(=O)C(C)Sc1nnc(-c2ccncc2)n1-c1ccc(C)c(C)c1. The molecule has 9 heteroatoms. The third-order valence-corrected chi connectivity index (χ3v) is 5.48. The molecule has 3 amide bonds. The monoisotopic (exact) mass is 410 g/mol. The van der Waals surface area contributed by atoms with Crippen molar-refractivity contribution < 1.29 is 9.59 Å². The van der Waals surface area contributed by atoms with Gasteiger partial charge in [0.2, 0.25) is 5.91 Å². The Kier molecular flexibility index (Phi) is 6.28. The van der Waals surface area contributed by atoms with Crippen LogP contribution in [0, 0.1) is 13.8 Å². The Morgan fingerprint density at radius 2 is 1.79 bits per heavy atom. The van der Waals surface area contributed by atoms with Gasteiger partial charge in [-0.1, -0.05) is 17.8 Å².